The summed E-state index contributed by atoms with van der Waals surface area (Å²) in [6.45, 7) is 1.98. The van der Waals surface area contributed by atoms with Gasteiger partial charge in [-0.3, -0.25) is 10.1 Å². The second-order valence-electron chi connectivity index (χ2n) is 5.23. The molecule has 2 heterocycles. The second kappa shape index (κ2) is 10.6. The molecule has 0 spiro atoms. The summed E-state index contributed by atoms with van der Waals surface area (Å²) >= 11 is 10.4. The highest BCUT2D eigenvalue weighted by molar-refractivity contribution is 8.01. The zero-order valence-electron chi connectivity index (χ0n) is 14.8. The molecule has 3 rings (SSSR count). The van der Waals surface area contributed by atoms with E-state index in [2.05, 4.69) is 37.6 Å². The van der Waals surface area contributed by atoms with Crippen LogP contribution in [-0.4, -0.2) is 37.6 Å². The Morgan fingerprint density at radius 1 is 1.25 bits per heavy atom. The second-order valence-corrected chi connectivity index (χ2v) is 9.12. The van der Waals surface area contributed by atoms with Crippen LogP contribution >= 0.6 is 46.5 Å². The van der Waals surface area contributed by atoms with Crippen LogP contribution in [0.25, 0.3) is 6.08 Å². The third-order valence-corrected chi connectivity index (χ3v) is 6.20. The summed E-state index contributed by atoms with van der Waals surface area (Å²) in [5, 5.41) is 11.9. The Morgan fingerprint density at radius 2 is 2.07 bits per heavy atom. The fraction of sp³-hybridized carbons (Fsp3) is 0.167. The molecule has 10 heteroatoms. The van der Waals surface area contributed by atoms with Crippen molar-refractivity contribution in [2.24, 2.45) is 0 Å². The maximum Gasteiger partial charge on any atom is 0.277 e. The molecule has 6 nitrogen and oxygen atoms in total. The fourth-order valence-corrected chi connectivity index (χ4v) is 4.35. The van der Waals surface area contributed by atoms with Gasteiger partial charge in [0.15, 0.2) is 15.2 Å². The van der Waals surface area contributed by atoms with Crippen LogP contribution < -0.4 is 5.32 Å². The molecule has 0 aliphatic heterocycles. The molecule has 144 valence electrons. The number of aromatic nitrogens is 4. The molecule has 28 heavy (non-hydrogen) atoms. The van der Waals surface area contributed by atoms with E-state index in [0.717, 1.165) is 21.4 Å². The smallest absolute Gasteiger partial charge is 0.277 e. The number of halogens is 1. The lowest BCUT2D eigenvalue weighted by Gasteiger charge is -2.04. The monoisotopic (exact) mass is 449 g/mol. The summed E-state index contributed by atoms with van der Waals surface area (Å²) in [7, 11) is 0. The summed E-state index contributed by atoms with van der Waals surface area (Å²) in [6.07, 6.45) is 5.55. The number of amides is 1. The average Bonchev–Trinajstić information content (AvgIpc) is 3.15. The van der Waals surface area contributed by atoms with Gasteiger partial charge in [-0.05, 0) is 11.3 Å². The summed E-state index contributed by atoms with van der Waals surface area (Å²) < 4.78 is 0.768. The van der Waals surface area contributed by atoms with Gasteiger partial charge in [0.05, 0.1) is 11.2 Å². The first-order chi connectivity index (χ1) is 13.7. The molecule has 1 aromatic carbocycles. The first-order valence-corrected chi connectivity index (χ1v) is 11.5. The highest BCUT2D eigenvalue weighted by Gasteiger charge is 2.16. The minimum Gasteiger partial charge on any atom is -0.295 e. The van der Waals surface area contributed by atoms with E-state index in [1.807, 2.05) is 37.3 Å². The standard InChI is InChI=1S/C18H16ClN5OS3/c1-2-26-16-20-11-13(19)14(21-16)15(25)22-17-23-24-18(28-17)27-10-6-9-12-7-4-3-5-8-12/h3-9,11H,2,10H2,1H3,(H,22,23,25)/b9-6+. The highest BCUT2D eigenvalue weighted by atomic mass is 35.5. The van der Waals surface area contributed by atoms with Crippen molar-refractivity contribution >= 4 is 63.6 Å². The number of rotatable bonds is 8. The molecule has 0 fully saturated rings. The lowest BCUT2D eigenvalue weighted by molar-refractivity contribution is 0.102. The zero-order chi connectivity index (χ0) is 19.8. The molecule has 2 aromatic heterocycles. The number of hydrogen-bond acceptors (Lipinski definition) is 8. The average molecular weight is 450 g/mol. The molecule has 1 N–H and O–H groups in total. The van der Waals surface area contributed by atoms with Crippen LogP contribution in [0.4, 0.5) is 5.13 Å². The Morgan fingerprint density at radius 3 is 2.86 bits per heavy atom. The van der Waals surface area contributed by atoms with Gasteiger partial charge in [0.1, 0.15) is 0 Å². The van der Waals surface area contributed by atoms with E-state index in [0.29, 0.717) is 10.3 Å². The first kappa shape index (κ1) is 20.8. The van der Waals surface area contributed by atoms with Crippen LogP contribution in [-0.2, 0) is 0 Å². The van der Waals surface area contributed by atoms with Gasteiger partial charge in [-0.25, -0.2) is 9.97 Å². The molecule has 0 saturated heterocycles. The number of hydrogen-bond donors (Lipinski definition) is 1. The Balaban J connectivity index is 1.56. The van der Waals surface area contributed by atoms with Gasteiger partial charge in [-0.1, -0.05) is 95.9 Å². The largest absolute Gasteiger partial charge is 0.295 e. The van der Waals surface area contributed by atoms with Crippen molar-refractivity contribution in [2.45, 2.75) is 16.4 Å². The summed E-state index contributed by atoms with van der Waals surface area (Å²) in [4.78, 5) is 20.7. The van der Waals surface area contributed by atoms with Crippen molar-refractivity contribution in [3.8, 4) is 0 Å². The molecule has 0 unspecified atom stereocenters. The number of carbonyl (C=O) groups is 1. The van der Waals surface area contributed by atoms with Gasteiger partial charge in [0.25, 0.3) is 5.91 Å². The predicted octanol–water partition coefficient (Wildman–Crippen LogP) is 5.15. The molecule has 0 atom stereocenters. The summed E-state index contributed by atoms with van der Waals surface area (Å²) in [5.41, 5.74) is 1.28. The van der Waals surface area contributed by atoms with Gasteiger partial charge < -0.3 is 0 Å². The quantitative estimate of drug-likeness (QED) is 0.289. The molecule has 0 bridgehead atoms. The molecule has 0 radical (unpaired) electrons. The number of benzene rings is 1. The van der Waals surface area contributed by atoms with Crippen LogP contribution in [0.5, 0.6) is 0 Å². The van der Waals surface area contributed by atoms with Crippen LogP contribution in [0, 0.1) is 0 Å². The van der Waals surface area contributed by atoms with Gasteiger partial charge in [0, 0.05) is 5.75 Å². The van der Waals surface area contributed by atoms with Crippen molar-refractivity contribution in [1.29, 1.82) is 0 Å². The minimum atomic E-state index is -0.429. The molecule has 3 aromatic rings. The molecule has 0 aliphatic rings. The first-order valence-electron chi connectivity index (χ1n) is 8.30. The maximum atomic E-state index is 12.4. The zero-order valence-corrected chi connectivity index (χ0v) is 18.0. The SMILES string of the molecule is CCSc1ncc(Cl)c(C(=O)Nc2nnc(SC/C=C/c3ccccc3)s2)n1. The Hall–Kier alpha value is -1.94. The Kier molecular flexibility index (Phi) is 7.84. The van der Waals surface area contributed by atoms with Crippen LogP contribution in [0.15, 0.2) is 52.1 Å². The maximum absolute atomic E-state index is 12.4. The number of nitrogens with zero attached hydrogens (tertiary/aromatic N) is 4. The van der Waals surface area contributed by atoms with Crippen LogP contribution in [0.3, 0.4) is 0 Å². The highest BCUT2D eigenvalue weighted by Crippen LogP contribution is 2.26. The van der Waals surface area contributed by atoms with Crippen molar-refractivity contribution in [1.82, 2.24) is 20.2 Å². The number of anilines is 1. The van der Waals surface area contributed by atoms with Gasteiger partial charge in [0.2, 0.25) is 5.13 Å². The van der Waals surface area contributed by atoms with Crippen LogP contribution in [0.1, 0.15) is 23.0 Å². The molecule has 1 amide bonds. The predicted molar refractivity (Wildman–Crippen MR) is 118 cm³/mol. The van der Waals surface area contributed by atoms with Gasteiger partial charge in [-0.2, -0.15) is 0 Å². The number of thioether (sulfide) groups is 2. The van der Waals surface area contributed by atoms with E-state index in [9.17, 15) is 4.79 Å². The summed E-state index contributed by atoms with van der Waals surface area (Å²) in [5.74, 6) is 1.13. The molecular weight excluding hydrogens is 434 g/mol. The van der Waals surface area contributed by atoms with Gasteiger partial charge >= 0.3 is 0 Å². The Labute approximate surface area is 180 Å². The normalized spacial score (nSPS) is 11.1. The van der Waals surface area contributed by atoms with E-state index in [4.69, 9.17) is 11.6 Å². The van der Waals surface area contributed by atoms with E-state index >= 15 is 0 Å². The van der Waals surface area contributed by atoms with E-state index in [1.54, 1.807) is 11.8 Å². The van der Waals surface area contributed by atoms with E-state index in [-0.39, 0.29) is 10.7 Å². The van der Waals surface area contributed by atoms with E-state index in [1.165, 1.54) is 29.3 Å². The molecular formula is C18H16ClN5OS3. The molecule has 0 saturated carbocycles. The van der Waals surface area contributed by atoms with Crippen LogP contribution in [0.2, 0.25) is 5.02 Å². The minimum absolute atomic E-state index is 0.128. The topological polar surface area (TPSA) is 80.7 Å². The van der Waals surface area contributed by atoms with Crippen molar-refractivity contribution in [3.63, 3.8) is 0 Å². The van der Waals surface area contributed by atoms with Crippen molar-refractivity contribution in [3.05, 3.63) is 58.9 Å². The lowest BCUT2D eigenvalue weighted by Crippen LogP contribution is -2.15. The number of carbonyl (C=O) groups excluding carboxylic acids is 1. The third kappa shape index (κ3) is 6.03. The third-order valence-electron chi connectivity index (χ3n) is 3.25. The summed E-state index contributed by atoms with van der Waals surface area (Å²) in [6, 6.07) is 10.1. The van der Waals surface area contributed by atoms with E-state index < -0.39 is 5.91 Å². The van der Waals surface area contributed by atoms with Crippen molar-refractivity contribution < 1.29 is 4.79 Å². The lowest BCUT2D eigenvalue weighted by atomic mass is 10.2. The Bertz CT molecular complexity index is 965. The van der Waals surface area contributed by atoms with Gasteiger partial charge in [-0.15, -0.1) is 10.2 Å². The van der Waals surface area contributed by atoms with Crippen molar-refractivity contribution in [2.75, 3.05) is 16.8 Å². The number of nitrogens with one attached hydrogen (secondary N) is 1. The molecule has 0 aliphatic carbocycles. The fourth-order valence-electron chi connectivity index (χ4n) is 2.05.